The molecule has 20 heavy (non-hydrogen) atoms. The fourth-order valence-corrected chi connectivity index (χ4v) is 3.18. The van der Waals surface area contributed by atoms with Crippen LogP contribution in [-0.4, -0.2) is 27.7 Å². The summed E-state index contributed by atoms with van der Waals surface area (Å²) in [5, 5.41) is 13.4. The lowest BCUT2D eigenvalue weighted by atomic mass is 9.79. The molecule has 4 nitrogen and oxygen atoms in total. The normalized spacial score (nSPS) is 26.4. The quantitative estimate of drug-likeness (QED) is 0.869. The Morgan fingerprint density at radius 2 is 2.40 bits per heavy atom. The summed E-state index contributed by atoms with van der Waals surface area (Å²) in [4.78, 5) is 12.2. The minimum absolute atomic E-state index is 0.0879. The van der Waals surface area contributed by atoms with Crippen LogP contribution in [-0.2, 0) is 6.54 Å². The summed E-state index contributed by atoms with van der Waals surface area (Å²) >= 11 is 0. The molecule has 112 valence electrons. The van der Waals surface area contributed by atoms with E-state index < -0.39 is 5.60 Å². The molecule has 0 spiro atoms. The molecule has 2 atom stereocenters. The minimum atomic E-state index is -0.727. The Hall–Kier alpha value is -1.29. The largest absolute Gasteiger partial charge is 0.388 e. The molecular formula is C16H26N2O2. The van der Waals surface area contributed by atoms with Crippen LogP contribution in [0.15, 0.2) is 18.3 Å². The number of nitrogens with zero attached hydrogens (tertiary/aromatic N) is 1. The van der Waals surface area contributed by atoms with E-state index in [1.54, 1.807) is 0 Å². The van der Waals surface area contributed by atoms with Crippen molar-refractivity contribution in [1.82, 2.24) is 9.88 Å². The second kappa shape index (κ2) is 6.44. The van der Waals surface area contributed by atoms with E-state index in [0.29, 0.717) is 18.2 Å². The minimum Gasteiger partial charge on any atom is -0.388 e. The maximum Gasteiger partial charge on any atom is 0.268 e. The van der Waals surface area contributed by atoms with Crippen LogP contribution >= 0.6 is 0 Å². The number of amides is 1. The standard InChI is InChI=1S/C16H26N2O2/c1-3-9-18-10-5-7-14(18)15(19)17-12-16(20)8-4-6-13(2)11-16/h5,7,10,13,20H,3-4,6,8-9,11-12H2,1-2H3,(H,17,19). The fourth-order valence-electron chi connectivity index (χ4n) is 3.18. The summed E-state index contributed by atoms with van der Waals surface area (Å²) in [6.45, 7) is 5.46. The van der Waals surface area contributed by atoms with Crippen molar-refractivity contribution < 1.29 is 9.90 Å². The molecule has 1 heterocycles. The van der Waals surface area contributed by atoms with Crippen LogP contribution in [0.4, 0.5) is 0 Å². The van der Waals surface area contributed by atoms with Gasteiger partial charge in [0.05, 0.1) is 5.60 Å². The average Bonchev–Trinajstić information content (AvgIpc) is 2.85. The number of aryl methyl sites for hydroxylation is 1. The highest BCUT2D eigenvalue weighted by Crippen LogP contribution is 2.31. The number of hydrogen-bond donors (Lipinski definition) is 2. The van der Waals surface area contributed by atoms with Gasteiger partial charge in [0.1, 0.15) is 5.69 Å². The van der Waals surface area contributed by atoms with Gasteiger partial charge in [-0.3, -0.25) is 4.79 Å². The third-order valence-corrected chi connectivity index (χ3v) is 4.17. The Labute approximate surface area is 121 Å². The first-order valence-corrected chi connectivity index (χ1v) is 7.70. The third kappa shape index (κ3) is 3.63. The molecule has 2 unspecified atom stereocenters. The van der Waals surface area contributed by atoms with Gasteiger partial charge in [0.2, 0.25) is 0 Å². The number of nitrogens with one attached hydrogen (secondary N) is 1. The lowest BCUT2D eigenvalue weighted by molar-refractivity contribution is -0.0110. The monoisotopic (exact) mass is 278 g/mol. The van der Waals surface area contributed by atoms with E-state index in [2.05, 4.69) is 19.2 Å². The summed E-state index contributed by atoms with van der Waals surface area (Å²) < 4.78 is 1.96. The number of aromatic nitrogens is 1. The summed E-state index contributed by atoms with van der Waals surface area (Å²) in [5.41, 5.74) is -0.0468. The van der Waals surface area contributed by atoms with E-state index in [-0.39, 0.29) is 5.91 Å². The Morgan fingerprint density at radius 1 is 1.60 bits per heavy atom. The van der Waals surface area contributed by atoms with Gasteiger partial charge in [-0.1, -0.05) is 26.7 Å². The molecule has 0 saturated heterocycles. The SMILES string of the molecule is CCCn1cccc1C(=O)NCC1(O)CCCC(C)C1. The van der Waals surface area contributed by atoms with Crippen LogP contribution in [0.5, 0.6) is 0 Å². The van der Waals surface area contributed by atoms with Crippen molar-refractivity contribution >= 4 is 5.91 Å². The highest BCUT2D eigenvalue weighted by Gasteiger charge is 2.33. The van der Waals surface area contributed by atoms with Crippen molar-refractivity contribution in [3.63, 3.8) is 0 Å². The zero-order chi connectivity index (χ0) is 14.6. The van der Waals surface area contributed by atoms with Gasteiger partial charge in [0.25, 0.3) is 5.91 Å². The first-order chi connectivity index (χ1) is 9.54. The molecule has 0 radical (unpaired) electrons. The number of carbonyl (C=O) groups is 1. The summed E-state index contributed by atoms with van der Waals surface area (Å²) in [6.07, 6.45) is 6.71. The molecule has 1 aromatic heterocycles. The molecule has 0 bridgehead atoms. The second-order valence-electron chi connectivity index (χ2n) is 6.20. The second-order valence-corrected chi connectivity index (χ2v) is 6.20. The van der Waals surface area contributed by atoms with E-state index >= 15 is 0 Å². The van der Waals surface area contributed by atoms with E-state index in [1.807, 2.05) is 22.9 Å². The molecule has 0 aromatic carbocycles. The van der Waals surface area contributed by atoms with Crippen molar-refractivity contribution in [2.45, 2.75) is 58.1 Å². The lowest BCUT2D eigenvalue weighted by Crippen LogP contribution is -2.46. The third-order valence-electron chi connectivity index (χ3n) is 4.17. The van der Waals surface area contributed by atoms with Gasteiger partial charge in [0.15, 0.2) is 0 Å². The van der Waals surface area contributed by atoms with Gasteiger partial charge >= 0.3 is 0 Å². The predicted octanol–water partition coefficient (Wildman–Crippen LogP) is 2.57. The molecule has 4 heteroatoms. The van der Waals surface area contributed by atoms with Gasteiger partial charge in [-0.15, -0.1) is 0 Å². The van der Waals surface area contributed by atoms with Crippen molar-refractivity contribution in [1.29, 1.82) is 0 Å². The van der Waals surface area contributed by atoms with Gasteiger partial charge in [-0.2, -0.15) is 0 Å². The van der Waals surface area contributed by atoms with Gasteiger partial charge in [-0.05, 0) is 37.3 Å². The van der Waals surface area contributed by atoms with Crippen LogP contribution in [0.3, 0.4) is 0 Å². The molecule has 2 N–H and O–H groups in total. The van der Waals surface area contributed by atoms with Crippen LogP contribution in [0, 0.1) is 5.92 Å². The van der Waals surface area contributed by atoms with Crippen LogP contribution in [0.25, 0.3) is 0 Å². The number of rotatable bonds is 5. The van der Waals surface area contributed by atoms with Crippen LogP contribution in [0.1, 0.15) is 56.4 Å². The smallest absolute Gasteiger partial charge is 0.268 e. The highest BCUT2D eigenvalue weighted by molar-refractivity contribution is 5.92. The highest BCUT2D eigenvalue weighted by atomic mass is 16.3. The van der Waals surface area contributed by atoms with Crippen LogP contribution < -0.4 is 5.32 Å². The lowest BCUT2D eigenvalue weighted by Gasteiger charge is -2.35. The Balaban J connectivity index is 1.93. The molecule has 1 aromatic rings. The first-order valence-electron chi connectivity index (χ1n) is 7.70. The van der Waals surface area contributed by atoms with E-state index in [9.17, 15) is 9.90 Å². The van der Waals surface area contributed by atoms with Gasteiger partial charge in [0, 0.05) is 19.3 Å². The maximum atomic E-state index is 12.2. The molecule has 1 fully saturated rings. The Kier molecular flexibility index (Phi) is 4.86. The number of carbonyl (C=O) groups excluding carboxylic acids is 1. The topological polar surface area (TPSA) is 54.3 Å². The van der Waals surface area contributed by atoms with E-state index in [1.165, 1.54) is 6.42 Å². The zero-order valence-electron chi connectivity index (χ0n) is 12.6. The van der Waals surface area contributed by atoms with Gasteiger partial charge in [-0.25, -0.2) is 0 Å². The molecule has 1 amide bonds. The molecular weight excluding hydrogens is 252 g/mol. The van der Waals surface area contributed by atoms with Crippen molar-refractivity contribution in [3.05, 3.63) is 24.0 Å². The molecule has 0 aliphatic heterocycles. The molecule has 1 saturated carbocycles. The van der Waals surface area contributed by atoms with Gasteiger partial charge < -0.3 is 15.0 Å². The Morgan fingerprint density at radius 3 is 3.10 bits per heavy atom. The van der Waals surface area contributed by atoms with E-state index in [4.69, 9.17) is 0 Å². The van der Waals surface area contributed by atoms with Crippen molar-refractivity contribution in [2.24, 2.45) is 5.92 Å². The van der Waals surface area contributed by atoms with Crippen LogP contribution in [0.2, 0.25) is 0 Å². The summed E-state index contributed by atoms with van der Waals surface area (Å²) in [5.74, 6) is 0.449. The van der Waals surface area contributed by atoms with Crippen molar-refractivity contribution in [2.75, 3.05) is 6.54 Å². The van der Waals surface area contributed by atoms with Crippen molar-refractivity contribution in [3.8, 4) is 0 Å². The number of hydrogen-bond acceptors (Lipinski definition) is 2. The molecule has 1 aliphatic rings. The Bertz CT molecular complexity index is 455. The first kappa shape index (κ1) is 15.1. The average molecular weight is 278 g/mol. The molecule has 2 rings (SSSR count). The summed E-state index contributed by atoms with van der Waals surface area (Å²) in [7, 11) is 0. The molecule has 1 aliphatic carbocycles. The predicted molar refractivity (Wildman–Crippen MR) is 79.6 cm³/mol. The summed E-state index contributed by atoms with van der Waals surface area (Å²) in [6, 6.07) is 3.72. The maximum absolute atomic E-state index is 12.2. The number of aliphatic hydroxyl groups is 1. The fraction of sp³-hybridized carbons (Fsp3) is 0.688. The zero-order valence-corrected chi connectivity index (χ0v) is 12.6. The van der Waals surface area contributed by atoms with E-state index in [0.717, 1.165) is 32.2 Å².